The fourth-order valence-electron chi connectivity index (χ4n) is 1.97. The number of aliphatic hydroxyl groups is 1. The Morgan fingerprint density at radius 2 is 1.68 bits per heavy atom. The summed E-state index contributed by atoms with van der Waals surface area (Å²) in [4.78, 5) is 4.01. The van der Waals surface area contributed by atoms with Crippen LogP contribution in [-0.4, -0.2) is 24.3 Å². The Balaban J connectivity index is 2.28. The third-order valence-electron chi connectivity index (χ3n) is 2.93. The molecule has 4 nitrogen and oxygen atoms in total. The topological polar surface area (TPSA) is 51.6 Å². The Morgan fingerprint density at radius 3 is 2.32 bits per heavy atom. The van der Waals surface area contributed by atoms with Crippen LogP contribution in [0.1, 0.15) is 29.1 Å². The van der Waals surface area contributed by atoms with Crippen LogP contribution in [0.5, 0.6) is 0 Å². The molecule has 19 heavy (non-hydrogen) atoms. The zero-order chi connectivity index (χ0) is 13.7. The summed E-state index contributed by atoms with van der Waals surface area (Å²) in [7, 11) is 3.16. The highest BCUT2D eigenvalue weighted by Crippen LogP contribution is 2.25. The first kappa shape index (κ1) is 13.7. The fourth-order valence-corrected chi connectivity index (χ4v) is 1.97. The molecule has 0 bridgehead atoms. The molecule has 1 N–H and O–H groups in total. The lowest BCUT2D eigenvalue weighted by atomic mass is 10.0. The molecule has 0 saturated heterocycles. The van der Waals surface area contributed by atoms with E-state index in [2.05, 4.69) is 4.98 Å². The molecule has 0 amide bonds. The molecular formula is C15H17NO3. The highest BCUT2D eigenvalue weighted by atomic mass is 16.7. The standard InChI is InChI=1S/C15H17NO3/c1-18-15(19-2)12-6-3-5-11(9-12)14(17)13-7-4-8-16-10-13/h3-10,14-15,17H,1-2H3. The van der Waals surface area contributed by atoms with Crippen molar-refractivity contribution in [1.82, 2.24) is 4.98 Å². The molecule has 4 heteroatoms. The molecule has 1 unspecified atom stereocenters. The average Bonchev–Trinajstić information content (AvgIpc) is 2.49. The summed E-state index contributed by atoms with van der Waals surface area (Å²) in [5.74, 6) is 0. The Labute approximate surface area is 112 Å². The Hall–Kier alpha value is -1.75. The number of rotatable bonds is 5. The number of ether oxygens (including phenoxy) is 2. The molecule has 2 aromatic rings. The monoisotopic (exact) mass is 259 g/mol. The summed E-state index contributed by atoms with van der Waals surface area (Å²) < 4.78 is 10.4. The molecule has 0 radical (unpaired) electrons. The van der Waals surface area contributed by atoms with Gasteiger partial charge in [0.15, 0.2) is 6.29 Å². The summed E-state index contributed by atoms with van der Waals surface area (Å²) in [5.41, 5.74) is 2.40. The maximum absolute atomic E-state index is 10.3. The molecule has 1 aromatic heterocycles. The van der Waals surface area contributed by atoms with Crippen LogP contribution < -0.4 is 0 Å². The first-order chi connectivity index (χ1) is 9.26. The average molecular weight is 259 g/mol. The smallest absolute Gasteiger partial charge is 0.183 e. The number of benzene rings is 1. The molecule has 0 fully saturated rings. The van der Waals surface area contributed by atoms with Gasteiger partial charge in [-0.2, -0.15) is 0 Å². The van der Waals surface area contributed by atoms with Crippen LogP contribution in [0.4, 0.5) is 0 Å². The summed E-state index contributed by atoms with van der Waals surface area (Å²) >= 11 is 0. The molecule has 0 aliphatic rings. The maximum atomic E-state index is 10.3. The molecular weight excluding hydrogens is 242 g/mol. The largest absolute Gasteiger partial charge is 0.384 e. The maximum Gasteiger partial charge on any atom is 0.183 e. The van der Waals surface area contributed by atoms with Crippen molar-refractivity contribution in [2.75, 3.05) is 14.2 Å². The van der Waals surface area contributed by atoms with E-state index in [-0.39, 0.29) is 0 Å². The second-order valence-electron chi connectivity index (χ2n) is 4.16. The van der Waals surface area contributed by atoms with Crippen LogP contribution in [0.3, 0.4) is 0 Å². The zero-order valence-corrected chi connectivity index (χ0v) is 11.0. The summed E-state index contributed by atoms with van der Waals surface area (Å²) in [5, 5.41) is 10.3. The SMILES string of the molecule is COC(OC)c1cccc(C(O)c2cccnc2)c1. The van der Waals surface area contributed by atoms with E-state index >= 15 is 0 Å². The number of aliphatic hydroxyl groups excluding tert-OH is 1. The quantitative estimate of drug-likeness (QED) is 0.838. The van der Waals surface area contributed by atoms with Crippen molar-refractivity contribution in [3.63, 3.8) is 0 Å². The number of pyridine rings is 1. The van der Waals surface area contributed by atoms with Gasteiger partial charge in [0, 0.05) is 37.7 Å². The van der Waals surface area contributed by atoms with Crippen LogP contribution in [0.15, 0.2) is 48.8 Å². The van der Waals surface area contributed by atoms with Crippen molar-refractivity contribution in [2.24, 2.45) is 0 Å². The van der Waals surface area contributed by atoms with Crippen LogP contribution in [-0.2, 0) is 9.47 Å². The molecule has 1 heterocycles. The predicted molar refractivity (Wildman–Crippen MR) is 71.5 cm³/mol. The molecule has 0 spiro atoms. The third kappa shape index (κ3) is 3.17. The van der Waals surface area contributed by atoms with E-state index in [0.717, 1.165) is 16.7 Å². The van der Waals surface area contributed by atoms with E-state index in [1.54, 1.807) is 32.7 Å². The minimum absolute atomic E-state index is 0.430. The van der Waals surface area contributed by atoms with Gasteiger partial charge in [0.25, 0.3) is 0 Å². The van der Waals surface area contributed by atoms with E-state index in [1.807, 2.05) is 30.3 Å². The lowest BCUT2D eigenvalue weighted by Crippen LogP contribution is -2.06. The predicted octanol–water partition coefficient (Wildman–Crippen LogP) is 2.45. The fraction of sp³-hybridized carbons (Fsp3) is 0.267. The molecule has 1 atom stereocenters. The molecule has 0 saturated carbocycles. The molecule has 100 valence electrons. The minimum atomic E-state index is -0.706. The van der Waals surface area contributed by atoms with Crippen molar-refractivity contribution in [1.29, 1.82) is 0 Å². The van der Waals surface area contributed by atoms with Gasteiger partial charge < -0.3 is 14.6 Å². The Kier molecular flexibility index (Phi) is 4.63. The van der Waals surface area contributed by atoms with E-state index in [1.165, 1.54) is 0 Å². The molecule has 0 aliphatic heterocycles. The first-order valence-electron chi connectivity index (χ1n) is 5.99. The van der Waals surface area contributed by atoms with Crippen molar-refractivity contribution in [3.8, 4) is 0 Å². The third-order valence-corrected chi connectivity index (χ3v) is 2.93. The Bertz CT molecular complexity index is 512. The van der Waals surface area contributed by atoms with Crippen molar-refractivity contribution in [3.05, 3.63) is 65.5 Å². The van der Waals surface area contributed by atoms with E-state index in [4.69, 9.17) is 9.47 Å². The normalized spacial score (nSPS) is 12.6. The van der Waals surface area contributed by atoms with Crippen LogP contribution in [0.2, 0.25) is 0 Å². The zero-order valence-electron chi connectivity index (χ0n) is 11.0. The number of methoxy groups -OCH3 is 2. The summed E-state index contributed by atoms with van der Waals surface area (Å²) in [6.07, 6.45) is 2.20. The summed E-state index contributed by atoms with van der Waals surface area (Å²) in [6.45, 7) is 0. The van der Waals surface area contributed by atoms with Crippen molar-refractivity contribution in [2.45, 2.75) is 12.4 Å². The number of nitrogens with zero attached hydrogens (tertiary/aromatic N) is 1. The van der Waals surface area contributed by atoms with Gasteiger partial charge >= 0.3 is 0 Å². The minimum Gasteiger partial charge on any atom is -0.384 e. The van der Waals surface area contributed by atoms with E-state index in [0.29, 0.717) is 0 Å². The molecule has 2 rings (SSSR count). The lowest BCUT2D eigenvalue weighted by molar-refractivity contribution is -0.106. The van der Waals surface area contributed by atoms with Gasteiger partial charge in [0.1, 0.15) is 6.10 Å². The number of aromatic nitrogens is 1. The highest BCUT2D eigenvalue weighted by molar-refractivity contribution is 5.31. The van der Waals surface area contributed by atoms with Gasteiger partial charge in [-0.1, -0.05) is 24.3 Å². The number of hydrogen-bond acceptors (Lipinski definition) is 4. The second kappa shape index (κ2) is 6.43. The molecule has 0 aliphatic carbocycles. The Morgan fingerprint density at radius 1 is 1.00 bits per heavy atom. The van der Waals surface area contributed by atoms with Crippen molar-refractivity contribution < 1.29 is 14.6 Å². The highest BCUT2D eigenvalue weighted by Gasteiger charge is 2.14. The van der Waals surface area contributed by atoms with Gasteiger partial charge in [-0.15, -0.1) is 0 Å². The van der Waals surface area contributed by atoms with Gasteiger partial charge in [-0.25, -0.2) is 0 Å². The van der Waals surface area contributed by atoms with Crippen molar-refractivity contribution >= 4 is 0 Å². The van der Waals surface area contributed by atoms with Gasteiger partial charge in [-0.05, 0) is 17.7 Å². The lowest BCUT2D eigenvalue weighted by Gasteiger charge is -2.16. The van der Waals surface area contributed by atoms with Gasteiger partial charge in [-0.3, -0.25) is 4.98 Å². The molecule has 1 aromatic carbocycles. The second-order valence-corrected chi connectivity index (χ2v) is 4.16. The van der Waals surface area contributed by atoms with Crippen LogP contribution in [0, 0.1) is 0 Å². The van der Waals surface area contributed by atoms with Gasteiger partial charge in [0.05, 0.1) is 0 Å². The van der Waals surface area contributed by atoms with E-state index in [9.17, 15) is 5.11 Å². The first-order valence-corrected chi connectivity index (χ1v) is 5.99. The number of hydrogen-bond donors (Lipinski definition) is 1. The summed E-state index contributed by atoms with van der Waals surface area (Å²) in [6, 6.07) is 11.1. The van der Waals surface area contributed by atoms with Gasteiger partial charge in [0.2, 0.25) is 0 Å². The van der Waals surface area contributed by atoms with Crippen LogP contribution >= 0.6 is 0 Å². The van der Waals surface area contributed by atoms with Crippen LogP contribution in [0.25, 0.3) is 0 Å². The van der Waals surface area contributed by atoms with E-state index < -0.39 is 12.4 Å².